The predicted octanol–water partition coefficient (Wildman–Crippen LogP) is 2.86. The molecule has 3 rings (SSSR count). The Morgan fingerprint density at radius 3 is 2.90 bits per heavy atom. The lowest BCUT2D eigenvalue weighted by Gasteiger charge is -2.05. The van der Waals surface area contributed by atoms with Crippen LogP contribution in [0.1, 0.15) is 30.3 Å². The Morgan fingerprint density at radius 1 is 1.19 bits per heavy atom. The van der Waals surface area contributed by atoms with Gasteiger partial charge in [-0.1, -0.05) is 37.6 Å². The van der Waals surface area contributed by atoms with Crippen LogP contribution in [0, 0.1) is 0 Å². The first-order valence-electron chi connectivity index (χ1n) is 7.17. The van der Waals surface area contributed by atoms with Crippen molar-refractivity contribution >= 4 is 10.9 Å². The lowest BCUT2D eigenvalue weighted by atomic mass is 10.0. The van der Waals surface area contributed by atoms with Gasteiger partial charge in [0.2, 0.25) is 0 Å². The van der Waals surface area contributed by atoms with Gasteiger partial charge in [-0.15, -0.1) is 0 Å². The van der Waals surface area contributed by atoms with E-state index in [2.05, 4.69) is 46.1 Å². The van der Waals surface area contributed by atoms with Gasteiger partial charge in [-0.25, -0.2) is 4.98 Å². The van der Waals surface area contributed by atoms with E-state index < -0.39 is 0 Å². The van der Waals surface area contributed by atoms with E-state index in [0.29, 0.717) is 23.1 Å². The summed E-state index contributed by atoms with van der Waals surface area (Å²) in [6, 6.07) is 10.1. The highest BCUT2D eigenvalue weighted by Gasteiger charge is 2.05. The summed E-state index contributed by atoms with van der Waals surface area (Å²) in [6.45, 7) is 2.17. The van der Waals surface area contributed by atoms with Crippen LogP contribution in [0.5, 0.6) is 0 Å². The van der Waals surface area contributed by atoms with Gasteiger partial charge in [-0.05, 0) is 23.6 Å². The highest BCUT2D eigenvalue weighted by atomic mass is 16.1. The Morgan fingerprint density at radius 2 is 2.05 bits per heavy atom. The second kappa shape index (κ2) is 5.87. The number of hydrogen-bond donors (Lipinski definition) is 1. The quantitative estimate of drug-likeness (QED) is 0.799. The molecule has 21 heavy (non-hydrogen) atoms. The largest absolute Gasteiger partial charge is 0.310 e. The molecule has 1 N–H and O–H groups in total. The van der Waals surface area contributed by atoms with Crippen molar-refractivity contribution in [3.63, 3.8) is 0 Å². The Balaban J connectivity index is 1.94. The SMILES string of the molecule is CCCc1cccc(Cc2nc3cnccc3c(=O)[nH]2)c1. The molecule has 0 aliphatic carbocycles. The number of aromatic amines is 1. The number of nitrogens with zero attached hydrogens (tertiary/aromatic N) is 2. The number of aryl methyl sites for hydroxylation is 1. The first kappa shape index (κ1) is 13.5. The number of pyridine rings is 1. The average Bonchev–Trinajstić information content (AvgIpc) is 2.48. The molecule has 0 amide bonds. The van der Waals surface area contributed by atoms with Crippen LogP contribution < -0.4 is 5.56 Å². The molecule has 0 aliphatic heterocycles. The molecule has 3 aromatic rings. The topological polar surface area (TPSA) is 58.6 Å². The van der Waals surface area contributed by atoms with Crippen LogP contribution in [0.25, 0.3) is 10.9 Å². The van der Waals surface area contributed by atoms with Crippen molar-refractivity contribution in [2.75, 3.05) is 0 Å². The minimum absolute atomic E-state index is 0.109. The molecule has 0 atom stereocenters. The van der Waals surface area contributed by atoms with Crippen LogP contribution in [0.15, 0.2) is 47.5 Å². The molecule has 0 bridgehead atoms. The van der Waals surface area contributed by atoms with E-state index in [4.69, 9.17) is 0 Å². The summed E-state index contributed by atoms with van der Waals surface area (Å²) in [5, 5.41) is 0.577. The standard InChI is InChI=1S/C17H17N3O/c1-2-4-12-5-3-6-13(9-12)10-16-19-15-11-18-8-7-14(15)17(21)20-16/h3,5-9,11H,2,4,10H2,1H3,(H,19,20,21). The zero-order valence-corrected chi connectivity index (χ0v) is 12.0. The van der Waals surface area contributed by atoms with Crippen molar-refractivity contribution in [1.82, 2.24) is 15.0 Å². The fourth-order valence-electron chi connectivity index (χ4n) is 2.50. The molecule has 4 heteroatoms. The maximum atomic E-state index is 12.0. The highest BCUT2D eigenvalue weighted by Crippen LogP contribution is 2.11. The number of fused-ring (bicyclic) bond motifs is 1. The number of rotatable bonds is 4. The monoisotopic (exact) mass is 279 g/mol. The molecule has 0 fully saturated rings. The molecule has 0 unspecified atom stereocenters. The third kappa shape index (κ3) is 2.99. The Hall–Kier alpha value is -2.49. The van der Waals surface area contributed by atoms with E-state index in [9.17, 15) is 4.79 Å². The van der Waals surface area contributed by atoms with Crippen LogP contribution >= 0.6 is 0 Å². The third-order valence-electron chi connectivity index (χ3n) is 3.46. The molecule has 0 spiro atoms. The first-order chi connectivity index (χ1) is 10.3. The summed E-state index contributed by atoms with van der Waals surface area (Å²) < 4.78 is 0. The maximum Gasteiger partial charge on any atom is 0.258 e. The molecular weight excluding hydrogens is 262 g/mol. The fraction of sp³-hybridized carbons (Fsp3) is 0.235. The minimum Gasteiger partial charge on any atom is -0.310 e. The molecule has 0 radical (unpaired) electrons. The zero-order valence-electron chi connectivity index (χ0n) is 12.0. The molecule has 106 valence electrons. The fourth-order valence-corrected chi connectivity index (χ4v) is 2.50. The van der Waals surface area contributed by atoms with Gasteiger partial charge >= 0.3 is 0 Å². The van der Waals surface area contributed by atoms with Gasteiger partial charge in [0.05, 0.1) is 17.1 Å². The smallest absolute Gasteiger partial charge is 0.258 e. The summed E-state index contributed by atoms with van der Waals surface area (Å²) in [7, 11) is 0. The highest BCUT2D eigenvalue weighted by molar-refractivity contribution is 5.75. The molecule has 1 aromatic carbocycles. The van der Waals surface area contributed by atoms with Gasteiger partial charge in [0, 0.05) is 12.6 Å². The summed E-state index contributed by atoms with van der Waals surface area (Å²) in [5.74, 6) is 0.675. The van der Waals surface area contributed by atoms with Crippen molar-refractivity contribution in [1.29, 1.82) is 0 Å². The number of benzene rings is 1. The van der Waals surface area contributed by atoms with E-state index in [1.165, 1.54) is 5.56 Å². The Bertz CT molecular complexity index is 823. The van der Waals surface area contributed by atoms with Crippen molar-refractivity contribution in [2.45, 2.75) is 26.2 Å². The van der Waals surface area contributed by atoms with Gasteiger partial charge in [0.25, 0.3) is 5.56 Å². The second-order valence-corrected chi connectivity index (χ2v) is 5.15. The Labute approximate surface area is 122 Å². The van der Waals surface area contributed by atoms with Crippen LogP contribution in [0.2, 0.25) is 0 Å². The maximum absolute atomic E-state index is 12.0. The lowest BCUT2D eigenvalue weighted by Crippen LogP contribution is -2.12. The average molecular weight is 279 g/mol. The number of hydrogen-bond acceptors (Lipinski definition) is 3. The molecule has 0 saturated heterocycles. The minimum atomic E-state index is -0.109. The van der Waals surface area contributed by atoms with Crippen LogP contribution in [-0.2, 0) is 12.8 Å². The molecule has 0 aliphatic rings. The summed E-state index contributed by atoms with van der Waals surface area (Å²) >= 11 is 0. The van der Waals surface area contributed by atoms with Crippen molar-refractivity contribution in [3.8, 4) is 0 Å². The van der Waals surface area contributed by atoms with E-state index in [1.807, 2.05) is 0 Å². The van der Waals surface area contributed by atoms with Gasteiger partial charge < -0.3 is 4.98 Å². The van der Waals surface area contributed by atoms with Crippen molar-refractivity contribution < 1.29 is 0 Å². The zero-order chi connectivity index (χ0) is 14.7. The summed E-state index contributed by atoms with van der Waals surface area (Å²) in [5.41, 5.74) is 3.01. The predicted molar refractivity (Wildman–Crippen MR) is 83.4 cm³/mol. The summed E-state index contributed by atoms with van der Waals surface area (Å²) in [6.07, 6.45) is 6.05. The van der Waals surface area contributed by atoms with Crippen LogP contribution in [0.4, 0.5) is 0 Å². The number of H-pyrrole nitrogens is 1. The first-order valence-corrected chi connectivity index (χ1v) is 7.17. The van der Waals surface area contributed by atoms with E-state index in [0.717, 1.165) is 18.4 Å². The molecule has 2 aromatic heterocycles. The van der Waals surface area contributed by atoms with E-state index >= 15 is 0 Å². The van der Waals surface area contributed by atoms with Gasteiger partial charge in [0.1, 0.15) is 5.82 Å². The Kier molecular flexibility index (Phi) is 3.77. The summed E-state index contributed by atoms with van der Waals surface area (Å²) in [4.78, 5) is 23.4. The number of aromatic nitrogens is 3. The molecule has 0 saturated carbocycles. The van der Waals surface area contributed by atoms with Gasteiger partial charge in [0.15, 0.2) is 0 Å². The van der Waals surface area contributed by atoms with Gasteiger partial charge in [-0.3, -0.25) is 9.78 Å². The molecule has 2 heterocycles. The molecule has 4 nitrogen and oxygen atoms in total. The van der Waals surface area contributed by atoms with Crippen molar-refractivity contribution in [3.05, 3.63) is 70.0 Å². The van der Waals surface area contributed by atoms with Crippen LogP contribution in [-0.4, -0.2) is 15.0 Å². The van der Waals surface area contributed by atoms with Crippen LogP contribution in [0.3, 0.4) is 0 Å². The lowest BCUT2D eigenvalue weighted by molar-refractivity contribution is 0.913. The van der Waals surface area contributed by atoms with Gasteiger partial charge in [-0.2, -0.15) is 0 Å². The molecular formula is C17H17N3O. The third-order valence-corrected chi connectivity index (χ3v) is 3.46. The van der Waals surface area contributed by atoms with E-state index in [1.54, 1.807) is 18.5 Å². The normalized spacial score (nSPS) is 10.9. The van der Waals surface area contributed by atoms with Crippen molar-refractivity contribution in [2.24, 2.45) is 0 Å². The number of nitrogens with one attached hydrogen (secondary N) is 1. The second-order valence-electron chi connectivity index (χ2n) is 5.15. The van der Waals surface area contributed by atoms with E-state index in [-0.39, 0.29) is 5.56 Å².